The van der Waals surface area contributed by atoms with Crippen LogP contribution in [-0.4, -0.2) is 45.0 Å². The van der Waals surface area contributed by atoms with Crippen LogP contribution in [0.5, 0.6) is 0 Å². The van der Waals surface area contributed by atoms with Crippen molar-refractivity contribution in [2.75, 3.05) is 18.4 Å². The third kappa shape index (κ3) is 3.80. The van der Waals surface area contributed by atoms with Crippen LogP contribution in [-0.2, 0) is 17.6 Å². The lowest BCUT2D eigenvalue weighted by molar-refractivity contribution is -0.138. The first-order valence-corrected chi connectivity index (χ1v) is 12.8. The molecule has 33 heavy (non-hydrogen) atoms. The number of aryl methyl sites for hydroxylation is 1. The molecule has 1 amide bonds. The minimum atomic E-state index is -0.901. The summed E-state index contributed by atoms with van der Waals surface area (Å²) in [6, 6.07) is 5.75. The molecule has 2 unspecified atom stereocenters. The van der Waals surface area contributed by atoms with Gasteiger partial charge in [-0.25, -0.2) is 14.4 Å². The number of fused-ring (bicyclic) bond motifs is 4. The first-order valence-electron chi connectivity index (χ1n) is 11.1. The van der Waals surface area contributed by atoms with E-state index in [9.17, 15) is 14.0 Å². The van der Waals surface area contributed by atoms with E-state index in [2.05, 4.69) is 20.3 Å². The molecule has 4 heterocycles. The monoisotopic (exact) mass is 483 g/mol. The van der Waals surface area contributed by atoms with E-state index in [0.717, 1.165) is 51.2 Å². The number of thiophene rings is 1. The molecule has 3 aromatic heterocycles. The number of amides is 1. The zero-order valence-corrected chi connectivity index (χ0v) is 19.4. The summed E-state index contributed by atoms with van der Waals surface area (Å²) in [6.07, 6.45) is 4.15. The third-order valence-electron chi connectivity index (χ3n) is 6.55. The molecule has 1 saturated heterocycles. The van der Waals surface area contributed by atoms with E-state index in [1.54, 1.807) is 22.6 Å². The quantitative estimate of drug-likeness (QED) is 0.451. The summed E-state index contributed by atoms with van der Waals surface area (Å²) in [6.45, 7) is 0.892. The molecule has 1 fully saturated rings. The number of halogens is 1. The van der Waals surface area contributed by atoms with Gasteiger partial charge in [0.15, 0.2) is 0 Å². The van der Waals surface area contributed by atoms with Crippen molar-refractivity contribution in [3.8, 4) is 0 Å². The average Bonchev–Trinajstić information content (AvgIpc) is 3.37. The molecule has 0 saturated carbocycles. The van der Waals surface area contributed by atoms with Crippen molar-refractivity contribution in [1.29, 1.82) is 0 Å². The topological polar surface area (TPSA) is 91.0 Å². The van der Waals surface area contributed by atoms with Crippen LogP contribution in [0.3, 0.4) is 0 Å². The average molecular weight is 484 g/mol. The van der Waals surface area contributed by atoms with Crippen LogP contribution in [0.4, 0.5) is 15.9 Å². The smallest absolute Gasteiger partial charge is 0.305 e. The molecule has 7 nitrogen and oxygen atoms in total. The minimum absolute atomic E-state index is 0.0748. The molecule has 2 atom stereocenters. The Labute approximate surface area is 196 Å². The van der Waals surface area contributed by atoms with E-state index in [-0.39, 0.29) is 23.2 Å². The van der Waals surface area contributed by atoms with E-state index in [1.165, 1.54) is 21.8 Å². The van der Waals surface area contributed by atoms with Gasteiger partial charge < -0.3 is 15.2 Å². The molecule has 4 aromatic rings. The number of thiazole rings is 1. The maximum Gasteiger partial charge on any atom is 0.305 e. The Morgan fingerprint density at radius 2 is 2.15 bits per heavy atom. The van der Waals surface area contributed by atoms with E-state index in [0.29, 0.717) is 19.4 Å². The summed E-state index contributed by atoms with van der Waals surface area (Å²) in [7, 11) is 0. The van der Waals surface area contributed by atoms with Gasteiger partial charge in [0.1, 0.15) is 23.1 Å². The molecule has 1 aliphatic carbocycles. The van der Waals surface area contributed by atoms with E-state index < -0.39 is 6.17 Å². The lowest BCUT2D eigenvalue weighted by Gasteiger charge is -2.33. The van der Waals surface area contributed by atoms with Crippen molar-refractivity contribution in [2.24, 2.45) is 5.92 Å². The summed E-state index contributed by atoms with van der Waals surface area (Å²) in [4.78, 5) is 40.2. The number of nitrogens with zero attached hydrogens (tertiary/aromatic N) is 3. The molecule has 1 aliphatic heterocycles. The molecule has 6 rings (SSSR count). The normalized spacial score (nSPS) is 20.8. The fraction of sp³-hybridized carbons (Fsp3) is 0.391. The molecule has 0 radical (unpaired) electrons. The van der Waals surface area contributed by atoms with Gasteiger partial charge in [0.25, 0.3) is 0 Å². The second kappa shape index (κ2) is 8.18. The predicted octanol–water partition coefficient (Wildman–Crippen LogP) is 4.40. The van der Waals surface area contributed by atoms with Crippen LogP contribution in [0.1, 0.15) is 29.7 Å². The number of aromatic amines is 1. The third-order valence-corrected chi connectivity index (χ3v) is 8.56. The van der Waals surface area contributed by atoms with Crippen LogP contribution in [0.2, 0.25) is 0 Å². The first kappa shape index (κ1) is 20.7. The Morgan fingerprint density at radius 1 is 1.24 bits per heavy atom. The van der Waals surface area contributed by atoms with Crippen LogP contribution in [0, 0.1) is 5.92 Å². The standard InChI is InChI=1S/C23H22FN5O2S2/c24-13-2-1-7-29(10-13)22(30)12-3-5-15-17(8-12)32-21-19(15)20(25-11-26-21)27-14-4-6-16-18(9-14)33-23(31)28-16/h4,6,9,11-13H,1-3,5,7-8,10H2,(H,28,31)(H,25,26,27). The van der Waals surface area contributed by atoms with E-state index in [1.807, 2.05) is 18.2 Å². The number of hydrogen-bond donors (Lipinski definition) is 2. The molecule has 0 bridgehead atoms. The van der Waals surface area contributed by atoms with Gasteiger partial charge in [0.05, 0.1) is 22.1 Å². The van der Waals surface area contributed by atoms with Crippen molar-refractivity contribution in [3.63, 3.8) is 0 Å². The number of H-pyrrole nitrogens is 1. The summed E-state index contributed by atoms with van der Waals surface area (Å²) < 4.78 is 14.7. The number of likely N-dealkylation sites (tertiary alicyclic amines) is 1. The van der Waals surface area contributed by atoms with Crippen molar-refractivity contribution in [3.05, 3.63) is 44.6 Å². The van der Waals surface area contributed by atoms with Crippen molar-refractivity contribution in [2.45, 2.75) is 38.3 Å². The number of anilines is 2. The van der Waals surface area contributed by atoms with Crippen molar-refractivity contribution >= 4 is 60.5 Å². The van der Waals surface area contributed by atoms with Gasteiger partial charge in [0.2, 0.25) is 5.91 Å². The summed E-state index contributed by atoms with van der Waals surface area (Å²) >= 11 is 2.80. The largest absolute Gasteiger partial charge is 0.340 e. The molecule has 2 N–H and O–H groups in total. The Morgan fingerprint density at radius 3 is 3.03 bits per heavy atom. The molecular formula is C23H22FN5O2S2. The first-order chi connectivity index (χ1) is 16.0. The zero-order chi connectivity index (χ0) is 22.5. The number of carbonyl (C=O) groups is 1. The van der Waals surface area contributed by atoms with Gasteiger partial charge in [0, 0.05) is 23.0 Å². The number of aromatic nitrogens is 3. The Bertz CT molecular complexity index is 1430. The SMILES string of the molecule is O=C(C1CCc2c(sc3ncnc(Nc4ccc5[nH]c(=O)sc5c4)c23)C1)N1CCCC(F)C1. The molecule has 170 valence electrons. The highest BCUT2D eigenvalue weighted by atomic mass is 32.1. The van der Waals surface area contributed by atoms with Crippen LogP contribution >= 0.6 is 22.7 Å². The Hall–Kier alpha value is -2.85. The van der Waals surface area contributed by atoms with Gasteiger partial charge in [-0.1, -0.05) is 11.3 Å². The summed E-state index contributed by atoms with van der Waals surface area (Å²) in [5.41, 5.74) is 2.88. The second-order valence-electron chi connectivity index (χ2n) is 8.72. The van der Waals surface area contributed by atoms with Crippen LogP contribution in [0.15, 0.2) is 29.3 Å². The Kier molecular flexibility index (Phi) is 5.14. The number of piperidine rings is 1. The molecule has 1 aromatic carbocycles. The van der Waals surface area contributed by atoms with Gasteiger partial charge in [-0.3, -0.25) is 9.59 Å². The van der Waals surface area contributed by atoms with Gasteiger partial charge in [-0.15, -0.1) is 11.3 Å². The van der Waals surface area contributed by atoms with Crippen LogP contribution < -0.4 is 10.2 Å². The predicted molar refractivity (Wildman–Crippen MR) is 129 cm³/mol. The molecule has 0 spiro atoms. The number of carbonyl (C=O) groups excluding carboxylic acids is 1. The zero-order valence-electron chi connectivity index (χ0n) is 17.8. The minimum Gasteiger partial charge on any atom is -0.340 e. The fourth-order valence-electron chi connectivity index (χ4n) is 4.96. The van der Waals surface area contributed by atoms with Gasteiger partial charge in [-0.2, -0.15) is 0 Å². The summed E-state index contributed by atoms with van der Waals surface area (Å²) in [5, 5.41) is 4.41. The highest BCUT2D eigenvalue weighted by Crippen LogP contribution is 2.41. The van der Waals surface area contributed by atoms with Crippen LogP contribution in [0.25, 0.3) is 20.4 Å². The fourth-order valence-corrected chi connectivity index (χ4v) is 7.00. The molecule has 10 heteroatoms. The number of nitrogens with one attached hydrogen (secondary N) is 2. The summed E-state index contributed by atoms with van der Waals surface area (Å²) in [5.74, 6) is 0.725. The molecule has 2 aliphatic rings. The van der Waals surface area contributed by atoms with Gasteiger partial charge >= 0.3 is 4.87 Å². The van der Waals surface area contributed by atoms with E-state index in [4.69, 9.17) is 0 Å². The van der Waals surface area contributed by atoms with Crippen molar-refractivity contribution in [1.82, 2.24) is 19.9 Å². The van der Waals surface area contributed by atoms with Crippen molar-refractivity contribution < 1.29 is 9.18 Å². The molecular weight excluding hydrogens is 461 g/mol. The lowest BCUT2D eigenvalue weighted by atomic mass is 9.86. The highest BCUT2D eigenvalue weighted by Gasteiger charge is 2.33. The van der Waals surface area contributed by atoms with E-state index >= 15 is 0 Å². The number of benzene rings is 1. The lowest BCUT2D eigenvalue weighted by Crippen LogP contribution is -2.44. The number of hydrogen-bond acceptors (Lipinski definition) is 7. The Balaban J connectivity index is 1.29. The van der Waals surface area contributed by atoms with Gasteiger partial charge in [-0.05, 0) is 55.9 Å². The number of alkyl halides is 1. The number of rotatable bonds is 3. The maximum absolute atomic E-state index is 13.8. The highest BCUT2D eigenvalue weighted by molar-refractivity contribution is 7.19. The maximum atomic E-state index is 13.8. The second-order valence-corrected chi connectivity index (χ2v) is 10.8.